The van der Waals surface area contributed by atoms with Crippen LogP contribution in [0.5, 0.6) is 23.0 Å². The van der Waals surface area contributed by atoms with Crippen molar-refractivity contribution in [3.63, 3.8) is 0 Å². The number of hydrogen-bond donors (Lipinski definition) is 0. The highest BCUT2D eigenvalue weighted by Gasteiger charge is 2.30. The Hall–Kier alpha value is -3.04. The number of amides is 1. The van der Waals surface area contributed by atoms with Gasteiger partial charge in [0.1, 0.15) is 5.75 Å². The third kappa shape index (κ3) is 5.36. The first kappa shape index (κ1) is 24.2. The summed E-state index contributed by atoms with van der Waals surface area (Å²) in [6.45, 7) is 1.20. The highest BCUT2D eigenvalue weighted by Crippen LogP contribution is 2.42. The van der Waals surface area contributed by atoms with Crippen LogP contribution in [0.15, 0.2) is 40.6 Å². The molecule has 166 valence electrons. The molecular weight excluding hydrogens is 449 g/mol. The maximum atomic E-state index is 12.9. The van der Waals surface area contributed by atoms with Gasteiger partial charge >= 0.3 is 0 Å². The first-order valence-electron chi connectivity index (χ1n) is 8.82. The van der Waals surface area contributed by atoms with Crippen LogP contribution in [0.4, 0.5) is 11.4 Å². The summed E-state index contributed by atoms with van der Waals surface area (Å²) in [6.07, 6.45) is 0. The van der Waals surface area contributed by atoms with Crippen LogP contribution in [0.2, 0.25) is 5.02 Å². The second-order valence-electron chi connectivity index (χ2n) is 6.02. The number of azo groups is 1. The minimum Gasteiger partial charge on any atom is -0.494 e. The molecule has 0 aliphatic carbocycles. The topological polar surface area (TPSA) is 99.0 Å². The monoisotopic (exact) mass is 469 g/mol. The first-order chi connectivity index (χ1) is 14.8. The van der Waals surface area contributed by atoms with E-state index in [0.717, 1.165) is 4.42 Å². The lowest BCUT2D eigenvalue weighted by atomic mass is 10.2. The van der Waals surface area contributed by atoms with Crippen molar-refractivity contribution in [2.24, 2.45) is 10.2 Å². The van der Waals surface area contributed by atoms with E-state index in [4.69, 9.17) is 42.3 Å². The minimum absolute atomic E-state index is 0.129. The van der Waals surface area contributed by atoms with Crippen molar-refractivity contribution in [2.75, 3.05) is 32.9 Å². The molecule has 1 amide bonds. The van der Waals surface area contributed by atoms with Crippen molar-refractivity contribution in [1.29, 1.82) is 0 Å². The molecule has 0 aliphatic heterocycles. The van der Waals surface area contributed by atoms with E-state index in [-0.39, 0.29) is 22.1 Å². The number of rotatable bonds is 9. The molecule has 31 heavy (non-hydrogen) atoms. The number of ketones is 1. The standard InChI is InChI=1S/C20H21Cl2N3O6/c1-11(26)17(23-24-18-15(29-3)9-7-13(21)19(18)31-5)20(27)25(22)12-6-8-14(28-2)16(10-12)30-4/h6-10,17H,1-5H3. The molecule has 0 heterocycles. The summed E-state index contributed by atoms with van der Waals surface area (Å²) in [5, 5.41) is 8.16. The number of methoxy groups -OCH3 is 4. The van der Waals surface area contributed by atoms with Crippen molar-refractivity contribution in [3.8, 4) is 23.0 Å². The largest absolute Gasteiger partial charge is 0.494 e. The van der Waals surface area contributed by atoms with E-state index in [1.807, 2.05) is 0 Å². The van der Waals surface area contributed by atoms with Gasteiger partial charge < -0.3 is 18.9 Å². The maximum Gasteiger partial charge on any atom is 0.276 e. The van der Waals surface area contributed by atoms with Crippen LogP contribution in [-0.4, -0.2) is 46.2 Å². The Kier molecular flexibility index (Phi) is 8.47. The summed E-state index contributed by atoms with van der Waals surface area (Å²) in [5.74, 6) is -0.103. The molecule has 0 N–H and O–H groups in total. The Balaban J connectivity index is 2.40. The Morgan fingerprint density at radius 1 is 0.935 bits per heavy atom. The Bertz CT molecular complexity index is 999. The SMILES string of the molecule is COc1ccc(N(Cl)C(=O)C(N=Nc2c(OC)ccc(Cl)c2OC)C(C)=O)cc1OC. The van der Waals surface area contributed by atoms with Gasteiger partial charge in [-0.25, -0.2) is 4.42 Å². The summed E-state index contributed by atoms with van der Waals surface area (Å²) in [6, 6.07) is 6.19. The van der Waals surface area contributed by atoms with Crippen molar-refractivity contribution >= 4 is 46.4 Å². The molecule has 1 unspecified atom stereocenters. The number of anilines is 1. The van der Waals surface area contributed by atoms with Crippen LogP contribution in [0.25, 0.3) is 0 Å². The molecule has 0 radical (unpaired) electrons. The Morgan fingerprint density at radius 3 is 2.10 bits per heavy atom. The fraction of sp³-hybridized carbons (Fsp3) is 0.300. The molecule has 11 heteroatoms. The Morgan fingerprint density at radius 2 is 1.55 bits per heavy atom. The number of benzene rings is 2. The zero-order valence-corrected chi connectivity index (χ0v) is 19.0. The van der Waals surface area contributed by atoms with Crippen molar-refractivity contribution < 1.29 is 28.5 Å². The highest BCUT2D eigenvalue weighted by molar-refractivity contribution is 6.39. The van der Waals surface area contributed by atoms with E-state index in [9.17, 15) is 9.59 Å². The second-order valence-corrected chi connectivity index (χ2v) is 6.76. The van der Waals surface area contributed by atoms with Gasteiger partial charge in [-0.1, -0.05) is 11.6 Å². The molecule has 0 saturated heterocycles. The number of ether oxygens (including phenoxy) is 4. The van der Waals surface area contributed by atoms with Gasteiger partial charge in [-0.3, -0.25) is 9.59 Å². The predicted octanol–water partition coefficient (Wildman–Crippen LogP) is 4.60. The number of hydrogen-bond acceptors (Lipinski definition) is 8. The molecule has 9 nitrogen and oxygen atoms in total. The molecule has 0 aromatic heterocycles. The smallest absolute Gasteiger partial charge is 0.276 e. The van der Waals surface area contributed by atoms with Crippen LogP contribution < -0.4 is 23.4 Å². The first-order valence-corrected chi connectivity index (χ1v) is 9.54. The van der Waals surface area contributed by atoms with Crippen LogP contribution >= 0.6 is 23.4 Å². The van der Waals surface area contributed by atoms with Gasteiger partial charge in [0.2, 0.25) is 6.04 Å². The van der Waals surface area contributed by atoms with Crippen LogP contribution in [-0.2, 0) is 9.59 Å². The normalized spacial score (nSPS) is 11.7. The summed E-state index contributed by atoms with van der Waals surface area (Å²) in [4.78, 5) is 25.0. The molecular formula is C20H21Cl2N3O6. The van der Waals surface area contributed by atoms with Crippen molar-refractivity contribution in [3.05, 3.63) is 35.4 Å². The zero-order chi connectivity index (χ0) is 23.1. The molecule has 1 atom stereocenters. The van der Waals surface area contributed by atoms with E-state index < -0.39 is 17.7 Å². The van der Waals surface area contributed by atoms with E-state index in [1.54, 1.807) is 18.2 Å². The van der Waals surface area contributed by atoms with Gasteiger partial charge in [-0.15, -0.1) is 5.11 Å². The molecule has 2 aromatic carbocycles. The highest BCUT2D eigenvalue weighted by atomic mass is 35.5. The molecule has 0 aliphatic rings. The lowest BCUT2D eigenvalue weighted by molar-refractivity contribution is -0.126. The molecule has 0 spiro atoms. The predicted molar refractivity (Wildman–Crippen MR) is 116 cm³/mol. The lowest BCUT2D eigenvalue weighted by Gasteiger charge is -2.18. The second kappa shape index (κ2) is 10.8. The van der Waals surface area contributed by atoms with Gasteiger partial charge in [0.15, 0.2) is 28.7 Å². The summed E-state index contributed by atoms with van der Waals surface area (Å²) < 4.78 is 21.6. The number of halogens is 2. The zero-order valence-electron chi connectivity index (χ0n) is 17.5. The van der Waals surface area contributed by atoms with Gasteiger partial charge in [0.25, 0.3) is 5.91 Å². The Labute approximate surface area is 189 Å². The van der Waals surface area contributed by atoms with Crippen LogP contribution in [0.3, 0.4) is 0 Å². The van der Waals surface area contributed by atoms with Gasteiger partial charge in [0.05, 0.1) is 39.1 Å². The van der Waals surface area contributed by atoms with E-state index >= 15 is 0 Å². The van der Waals surface area contributed by atoms with Crippen LogP contribution in [0, 0.1) is 0 Å². The summed E-state index contributed by atoms with van der Waals surface area (Å²) >= 11 is 12.3. The minimum atomic E-state index is -1.51. The summed E-state index contributed by atoms with van der Waals surface area (Å²) in [7, 11) is 5.74. The molecule has 0 bridgehead atoms. The number of Topliss-reactive ketones (excluding diaryl/α,β-unsaturated/α-hetero) is 1. The van der Waals surface area contributed by atoms with E-state index in [0.29, 0.717) is 17.2 Å². The molecule has 2 aromatic rings. The summed E-state index contributed by atoms with van der Waals surface area (Å²) in [5.41, 5.74) is 0.382. The number of carbonyl (C=O) groups excluding carboxylic acids is 2. The third-order valence-electron chi connectivity index (χ3n) is 4.15. The van der Waals surface area contributed by atoms with Gasteiger partial charge in [0, 0.05) is 17.8 Å². The average molecular weight is 470 g/mol. The molecule has 0 saturated carbocycles. The molecule has 2 rings (SSSR count). The number of nitrogens with zero attached hydrogens (tertiary/aromatic N) is 3. The fourth-order valence-corrected chi connectivity index (χ4v) is 3.01. The van der Waals surface area contributed by atoms with E-state index in [2.05, 4.69) is 10.2 Å². The third-order valence-corrected chi connectivity index (χ3v) is 4.81. The quantitative estimate of drug-likeness (QED) is 0.302. The van der Waals surface area contributed by atoms with Crippen LogP contribution in [0.1, 0.15) is 6.92 Å². The average Bonchev–Trinajstić information content (AvgIpc) is 2.77. The van der Waals surface area contributed by atoms with Gasteiger partial charge in [-0.05, 0) is 31.2 Å². The van der Waals surface area contributed by atoms with E-state index in [1.165, 1.54) is 47.5 Å². The molecule has 0 fully saturated rings. The van der Waals surface area contributed by atoms with Gasteiger partial charge in [-0.2, -0.15) is 5.11 Å². The number of carbonyl (C=O) groups is 2. The fourth-order valence-electron chi connectivity index (χ4n) is 2.58. The lowest BCUT2D eigenvalue weighted by Crippen LogP contribution is -2.36. The van der Waals surface area contributed by atoms with Crippen molar-refractivity contribution in [2.45, 2.75) is 13.0 Å². The maximum absolute atomic E-state index is 12.9. The van der Waals surface area contributed by atoms with Crippen molar-refractivity contribution in [1.82, 2.24) is 0 Å².